The predicted octanol–water partition coefficient (Wildman–Crippen LogP) is 1.71. The fraction of sp³-hybridized carbons (Fsp3) is 0.684. The van der Waals surface area contributed by atoms with Gasteiger partial charge in [0, 0.05) is 45.6 Å². The molecule has 3 rings (SSSR count). The summed E-state index contributed by atoms with van der Waals surface area (Å²) in [7, 11) is 0. The summed E-state index contributed by atoms with van der Waals surface area (Å²) in [6.45, 7) is 9.43. The van der Waals surface area contributed by atoms with Gasteiger partial charge in [-0.1, -0.05) is 13.8 Å². The number of rotatable bonds is 6. The Morgan fingerprint density at radius 2 is 1.70 bits per heavy atom. The molecule has 27 heavy (non-hydrogen) atoms. The summed E-state index contributed by atoms with van der Waals surface area (Å²) in [4.78, 5) is 26.8. The summed E-state index contributed by atoms with van der Waals surface area (Å²) >= 11 is 0. The van der Waals surface area contributed by atoms with Gasteiger partial charge in [0.05, 0.1) is 12.4 Å². The number of piperidine rings is 1. The number of carbonyl (C=O) groups excluding carboxylic acids is 1. The fourth-order valence-corrected chi connectivity index (χ4v) is 3.78. The Morgan fingerprint density at radius 3 is 2.33 bits per heavy atom. The van der Waals surface area contributed by atoms with Gasteiger partial charge >= 0.3 is 0 Å². The van der Waals surface area contributed by atoms with Crippen LogP contribution in [0, 0.1) is 10.8 Å². The number of unbranched alkanes of at least 4 members (excludes halogenated alkanes) is 1. The SMILES string of the molecule is CC1(C)CC(=N)N(CCCCN2CCN(c3ncc(O)cn3)CC2)C(=O)C1. The molecule has 3 heterocycles. The molecule has 0 aliphatic carbocycles. The van der Waals surface area contributed by atoms with Crippen LogP contribution >= 0.6 is 0 Å². The van der Waals surface area contributed by atoms with Gasteiger partial charge in [-0.25, -0.2) is 9.97 Å². The molecule has 0 unspecified atom stereocenters. The van der Waals surface area contributed by atoms with Gasteiger partial charge in [-0.15, -0.1) is 0 Å². The van der Waals surface area contributed by atoms with E-state index in [4.69, 9.17) is 5.41 Å². The second-order valence-electron chi connectivity index (χ2n) is 8.29. The molecule has 0 bridgehead atoms. The second kappa shape index (κ2) is 8.21. The first-order chi connectivity index (χ1) is 12.8. The minimum Gasteiger partial charge on any atom is -0.505 e. The Hall–Kier alpha value is -2.22. The molecule has 1 amide bonds. The Kier molecular flexibility index (Phi) is 5.94. The molecular formula is C19H30N6O2. The highest BCUT2D eigenvalue weighted by Gasteiger charge is 2.34. The summed E-state index contributed by atoms with van der Waals surface area (Å²) < 4.78 is 0. The van der Waals surface area contributed by atoms with Crippen LogP contribution in [-0.4, -0.2) is 75.9 Å². The molecule has 0 spiro atoms. The number of hydrogen-bond acceptors (Lipinski definition) is 7. The van der Waals surface area contributed by atoms with Gasteiger partial charge < -0.3 is 14.9 Å². The third-order valence-corrected chi connectivity index (χ3v) is 5.29. The lowest BCUT2D eigenvalue weighted by atomic mass is 9.81. The number of nitrogens with zero attached hydrogens (tertiary/aromatic N) is 5. The lowest BCUT2D eigenvalue weighted by molar-refractivity contribution is -0.131. The Morgan fingerprint density at radius 1 is 1.07 bits per heavy atom. The van der Waals surface area contributed by atoms with E-state index < -0.39 is 0 Å². The summed E-state index contributed by atoms with van der Waals surface area (Å²) in [5, 5.41) is 17.4. The second-order valence-corrected chi connectivity index (χ2v) is 8.29. The molecule has 2 aliphatic heterocycles. The first-order valence-corrected chi connectivity index (χ1v) is 9.70. The van der Waals surface area contributed by atoms with Gasteiger partial charge in [0.1, 0.15) is 5.84 Å². The maximum atomic E-state index is 12.2. The van der Waals surface area contributed by atoms with E-state index in [2.05, 4.69) is 33.6 Å². The van der Waals surface area contributed by atoms with Crippen LogP contribution < -0.4 is 4.90 Å². The summed E-state index contributed by atoms with van der Waals surface area (Å²) in [6.07, 6.45) is 6.02. The zero-order chi connectivity index (χ0) is 19.4. The molecule has 2 aliphatic rings. The molecule has 0 atom stereocenters. The van der Waals surface area contributed by atoms with E-state index in [1.165, 1.54) is 12.4 Å². The molecule has 8 nitrogen and oxygen atoms in total. The van der Waals surface area contributed by atoms with E-state index in [0.29, 0.717) is 31.2 Å². The van der Waals surface area contributed by atoms with Crippen LogP contribution in [0.5, 0.6) is 5.75 Å². The van der Waals surface area contributed by atoms with Gasteiger partial charge in [-0.2, -0.15) is 0 Å². The number of aromatic hydroxyl groups is 1. The molecule has 0 radical (unpaired) electrons. The molecule has 0 aromatic carbocycles. The maximum absolute atomic E-state index is 12.2. The lowest BCUT2D eigenvalue weighted by Crippen LogP contribution is -2.47. The highest BCUT2D eigenvalue weighted by Crippen LogP contribution is 2.31. The van der Waals surface area contributed by atoms with Crippen molar-refractivity contribution in [3.63, 3.8) is 0 Å². The number of likely N-dealkylation sites (tertiary alicyclic amines) is 1. The summed E-state index contributed by atoms with van der Waals surface area (Å²) in [5.74, 6) is 1.32. The number of piperazine rings is 1. The van der Waals surface area contributed by atoms with Gasteiger partial charge in [-0.05, 0) is 24.8 Å². The van der Waals surface area contributed by atoms with Gasteiger partial charge in [0.25, 0.3) is 0 Å². The van der Waals surface area contributed by atoms with Crippen molar-refractivity contribution < 1.29 is 9.90 Å². The summed E-state index contributed by atoms with van der Waals surface area (Å²) in [6, 6.07) is 0. The van der Waals surface area contributed by atoms with Crippen molar-refractivity contribution >= 4 is 17.7 Å². The van der Waals surface area contributed by atoms with Crippen LogP contribution in [-0.2, 0) is 4.79 Å². The normalized spacial score (nSPS) is 21.0. The number of amidine groups is 1. The molecule has 0 saturated carbocycles. The quantitative estimate of drug-likeness (QED) is 0.736. The molecule has 2 saturated heterocycles. The van der Waals surface area contributed by atoms with Gasteiger partial charge in [-0.3, -0.25) is 15.1 Å². The minimum absolute atomic E-state index is 0.0778. The van der Waals surface area contributed by atoms with Crippen LogP contribution in [0.25, 0.3) is 0 Å². The Labute approximate surface area is 160 Å². The van der Waals surface area contributed by atoms with E-state index >= 15 is 0 Å². The van der Waals surface area contributed by atoms with Crippen molar-refractivity contribution in [3.8, 4) is 5.75 Å². The number of anilines is 1. The number of hydrogen-bond donors (Lipinski definition) is 2. The molecule has 8 heteroatoms. The van der Waals surface area contributed by atoms with Crippen LogP contribution in [0.15, 0.2) is 12.4 Å². The van der Waals surface area contributed by atoms with Gasteiger partial charge in [0.15, 0.2) is 5.75 Å². The van der Waals surface area contributed by atoms with Crippen molar-refractivity contribution in [1.82, 2.24) is 19.8 Å². The zero-order valence-electron chi connectivity index (χ0n) is 16.3. The number of carbonyl (C=O) groups is 1. The standard InChI is InChI=1S/C19H30N6O2/c1-19(2)11-16(20)25(17(27)12-19)6-4-3-5-23-7-9-24(10-8-23)18-21-13-15(26)14-22-18/h13-14,20,26H,3-12H2,1-2H3. The monoisotopic (exact) mass is 374 g/mol. The molecule has 2 N–H and O–H groups in total. The average Bonchev–Trinajstić information content (AvgIpc) is 2.61. The Balaban J connectivity index is 1.35. The van der Waals surface area contributed by atoms with Crippen molar-refractivity contribution in [2.45, 2.75) is 39.5 Å². The third-order valence-electron chi connectivity index (χ3n) is 5.29. The van der Waals surface area contributed by atoms with Crippen LogP contribution in [0.4, 0.5) is 5.95 Å². The van der Waals surface area contributed by atoms with E-state index in [1.54, 1.807) is 4.90 Å². The highest BCUT2D eigenvalue weighted by molar-refractivity contribution is 5.99. The number of amides is 1. The van der Waals surface area contributed by atoms with Crippen LogP contribution in [0.1, 0.15) is 39.5 Å². The number of nitrogens with one attached hydrogen (secondary N) is 1. The Bertz CT molecular complexity index is 647. The topological polar surface area (TPSA) is 96.7 Å². The van der Waals surface area contributed by atoms with Gasteiger partial charge in [0.2, 0.25) is 11.9 Å². The van der Waals surface area contributed by atoms with Crippen LogP contribution in [0.2, 0.25) is 0 Å². The smallest absolute Gasteiger partial charge is 0.228 e. The van der Waals surface area contributed by atoms with Crippen molar-refractivity contribution in [3.05, 3.63) is 12.4 Å². The molecule has 2 fully saturated rings. The van der Waals surface area contributed by atoms with E-state index in [0.717, 1.165) is 45.6 Å². The van der Waals surface area contributed by atoms with Crippen molar-refractivity contribution in [2.24, 2.45) is 5.41 Å². The molecule has 1 aromatic rings. The van der Waals surface area contributed by atoms with E-state index in [-0.39, 0.29) is 17.1 Å². The first kappa shape index (κ1) is 19.5. The predicted molar refractivity (Wildman–Crippen MR) is 104 cm³/mol. The average molecular weight is 374 g/mol. The lowest BCUT2D eigenvalue weighted by Gasteiger charge is -2.37. The molecule has 148 valence electrons. The largest absolute Gasteiger partial charge is 0.505 e. The van der Waals surface area contributed by atoms with Crippen LogP contribution in [0.3, 0.4) is 0 Å². The number of aromatic nitrogens is 2. The van der Waals surface area contributed by atoms with E-state index in [1.807, 2.05) is 0 Å². The summed E-state index contributed by atoms with van der Waals surface area (Å²) in [5.41, 5.74) is -0.0778. The zero-order valence-corrected chi connectivity index (χ0v) is 16.3. The molecule has 1 aromatic heterocycles. The van der Waals surface area contributed by atoms with E-state index in [9.17, 15) is 9.90 Å². The fourth-order valence-electron chi connectivity index (χ4n) is 3.78. The third kappa shape index (κ3) is 5.15. The molecular weight excluding hydrogens is 344 g/mol. The highest BCUT2D eigenvalue weighted by atomic mass is 16.3. The van der Waals surface area contributed by atoms with Crippen molar-refractivity contribution in [2.75, 3.05) is 44.2 Å². The minimum atomic E-state index is -0.0778. The first-order valence-electron chi connectivity index (χ1n) is 9.70. The van der Waals surface area contributed by atoms with Crippen molar-refractivity contribution in [1.29, 1.82) is 5.41 Å². The maximum Gasteiger partial charge on any atom is 0.228 e.